The third kappa shape index (κ3) is 7.70. The highest BCUT2D eigenvalue weighted by Crippen LogP contribution is 2.44. The first-order valence-electron chi connectivity index (χ1n) is 7.19. The fourth-order valence-electron chi connectivity index (χ4n) is 1.62. The van der Waals surface area contributed by atoms with Gasteiger partial charge in [-0.25, -0.2) is 0 Å². The van der Waals surface area contributed by atoms with Gasteiger partial charge < -0.3 is 23.7 Å². The van der Waals surface area contributed by atoms with Crippen LogP contribution in [0.2, 0.25) is 0 Å². The van der Waals surface area contributed by atoms with Crippen LogP contribution >= 0.6 is 47.8 Å². The van der Waals surface area contributed by atoms with Crippen LogP contribution in [0.1, 0.15) is 6.92 Å². The number of rotatable bonds is 12. The lowest BCUT2D eigenvalue weighted by atomic mass is 10.3. The van der Waals surface area contributed by atoms with Gasteiger partial charge in [0.2, 0.25) is 0 Å². The van der Waals surface area contributed by atoms with Gasteiger partial charge >= 0.3 is 0 Å². The molecule has 1 rings (SSSR count). The standard InChI is InChI=1S/C15H21Br3O5/c1-3-22-12-10-11(16)13(17)14(18)15(12)23-9-8-21-7-6-20-5-4-19-2/h10H,3-9H2,1-2H3. The SMILES string of the molecule is CCOc1cc(Br)c(Br)c(Br)c1OCCOCCOCCOC. The van der Waals surface area contributed by atoms with Crippen LogP contribution in [0.4, 0.5) is 0 Å². The molecule has 132 valence electrons. The Hall–Kier alpha value is 0.140. The van der Waals surface area contributed by atoms with Crippen molar-refractivity contribution in [3.05, 3.63) is 19.5 Å². The van der Waals surface area contributed by atoms with Gasteiger partial charge in [0.15, 0.2) is 11.5 Å². The molecule has 0 heterocycles. The molecular weight excluding hydrogens is 500 g/mol. The Morgan fingerprint density at radius 2 is 1.43 bits per heavy atom. The van der Waals surface area contributed by atoms with Gasteiger partial charge in [-0.15, -0.1) is 0 Å². The molecule has 0 unspecified atom stereocenters. The molecule has 0 amide bonds. The van der Waals surface area contributed by atoms with E-state index in [4.69, 9.17) is 23.7 Å². The summed E-state index contributed by atoms with van der Waals surface area (Å²) in [4.78, 5) is 0. The topological polar surface area (TPSA) is 46.2 Å². The average molecular weight is 521 g/mol. The van der Waals surface area contributed by atoms with Crippen molar-refractivity contribution in [3.63, 3.8) is 0 Å². The Bertz CT molecular complexity index is 471. The summed E-state index contributed by atoms with van der Waals surface area (Å²) in [6.07, 6.45) is 0. The lowest BCUT2D eigenvalue weighted by Crippen LogP contribution is -2.13. The number of hydrogen-bond acceptors (Lipinski definition) is 5. The van der Waals surface area contributed by atoms with Crippen molar-refractivity contribution in [2.24, 2.45) is 0 Å². The minimum absolute atomic E-state index is 0.421. The van der Waals surface area contributed by atoms with Crippen molar-refractivity contribution in [1.29, 1.82) is 0 Å². The van der Waals surface area contributed by atoms with Crippen molar-refractivity contribution in [2.45, 2.75) is 6.92 Å². The molecule has 0 aliphatic heterocycles. The van der Waals surface area contributed by atoms with Gasteiger partial charge in [0, 0.05) is 16.1 Å². The first kappa shape index (κ1) is 21.2. The lowest BCUT2D eigenvalue weighted by molar-refractivity contribution is 0.0177. The van der Waals surface area contributed by atoms with Gasteiger partial charge in [0.1, 0.15) is 6.61 Å². The van der Waals surface area contributed by atoms with Gasteiger partial charge in [0.25, 0.3) is 0 Å². The zero-order valence-corrected chi connectivity index (χ0v) is 18.0. The fourth-order valence-corrected chi connectivity index (χ4v) is 3.11. The molecule has 0 fully saturated rings. The summed E-state index contributed by atoms with van der Waals surface area (Å²) < 4.78 is 29.6. The maximum Gasteiger partial charge on any atom is 0.176 e. The highest BCUT2D eigenvalue weighted by atomic mass is 79.9. The number of methoxy groups -OCH3 is 1. The second-order valence-corrected chi connectivity index (χ2v) is 6.75. The molecule has 0 bridgehead atoms. The van der Waals surface area contributed by atoms with E-state index in [-0.39, 0.29) is 0 Å². The Kier molecular flexibility index (Phi) is 11.5. The predicted molar refractivity (Wildman–Crippen MR) is 99.7 cm³/mol. The van der Waals surface area contributed by atoms with E-state index in [1.54, 1.807) is 7.11 Å². The van der Waals surface area contributed by atoms with Crippen LogP contribution < -0.4 is 9.47 Å². The third-order valence-electron chi connectivity index (χ3n) is 2.66. The molecule has 0 aliphatic carbocycles. The van der Waals surface area contributed by atoms with Crippen molar-refractivity contribution in [2.75, 3.05) is 53.4 Å². The van der Waals surface area contributed by atoms with Gasteiger partial charge in [-0.2, -0.15) is 0 Å². The molecule has 8 heteroatoms. The fraction of sp³-hybridized carbons (Fsp3) is 0.600. The maximum atomic E-state index is 5.79. The van der Waals surface area contributed by atoms with Crippen molar-refractivity contribution in [1.82, 2.24) is 0 Å². The van der Waals surface area contributed by atoms with Crippen LogP contribution in [0.5, 0.6) is 11.5 Å². The van der Waals surface area contributed by atoms with E-state index < -0.39 is 0 Å². The molecule has 0 atom stereocenters. The molecule has 0 aromatic heterocycles. The largest absolute Gasteiger partial charge is 0.490 e. The first-order chi connectivity index (χ1) is 11.1. The van der Waals surface area contributed by atoms with Crippen LogP contribution in [0.25, 0.3) is 0 Å². The first-order valence-corrected chi connectivity index (χ1v) is 9.57. The van der Waals surface area contributed by atoms with Crippen molar-refractivity contribution >= 4 is 47.8 Å². The maximum absolute atomic E-state index is 5.79. The quantitative estimate of drug-likeness (QED) is 0.301. The highest BCUT2D eigenvalue weighted by molar-refractivity contribution is 9.14. The Morgan fingerprint density at radius 3 is 2.04 bits per heavy atom. The summed E-state index contributed by atoms with van der Waals surface area (Å²) in [6, 6.07) is 1.87. The van der Waals surface area contributed by atoms with E-state index in [2.05, 4.69) is 47.8 Å². The minimum Gasteiger partial charge on any atom is -0.490 e. The minimum atomic E-state index is 0.421. The van der Waals surface area contributed by atoms with E-state index in [1.807, 2.05) is 13.0 Å². The predicted octanol–water partition coefficient (Wildman–Crippen LogP) is 4.43. The van der Waals surface area contributed by atoms with Crippen LogP contribution in [-0.2, 0) is 14.2 Å². The highest BCUT2D eigenvalue weighted by Gasteiger charge is 2.16. The molecule has 1 aromatic carbocycles. The normalized spacial score (nSPS) is 10.8. The van der Waals surface area contributed by atoms with E-state index in [0.717, 1.165) is 13.4 Å². The zero-order chi connectivity index (χ0) is 17.1. The molecule has 5 nitrogen and oxygen atoms in total. The number of benzene rings is 1. The molecule has 0 N–H and O–H groups in total. The summed E-state index contributed by atoms with van der Waals surface area (Å²) in [6.45, 7) is 5.62. The summed E-state index contributed by atoms with van der Waals surface area (Å²) in [5.41, 5.74) is 0. The van der Waals surface area contributed by atoms with Gasteiger partial charge in [0.05, 0.1) is 44.1 Å². The molecule has 0 aliphatic rings. The summed E-state index contributed by atoms with van der Waals surface area (Å²) in [5, 5.41) is 0. The molecule has 0 saturated carbocycles. The van der Waals surface area contributed by atoms with Gasteiger partial charge in [-0.05, 0) is 60.8 Å². The second-order valence-electron chi connectivity index (χ2n) is 4.31. The van der Waals surface area contributed by atoms with Crippen molar-refractivity contribution < 1.29 is 23.7 Å². The van der Waals surface area contributed by atoms with Gasteiger partial charge in [-0.3, -0.25) is 0 Å². The Morgan fingerprint density at radius 1 is 0.826 bits per heavy atom. The molecule has 1 aromatic rings. The monoisotopic (exact) mass is 518 g/mol. The molecular formula is C15H21Br3O5. The number of ether oxygens (including phenoxy) is 5. The second kappa shape index (κ2) is 12.5. The third-order valence-corrected chi connectivity index (χ3v) is 5.93. The van der Waals surface area contributed by atoms with Crippen LogP contribution in [0, 0.1) is 0 Å². The van der Waals surface area contributed by atoms with E-state index in [0.29, 0.717) is 57.7 Å². The van der Waals surface area contributed by atoms with Crippen LogP contribution in [-0.4, -0.2) is 53.4 Å². The number of halogens is 3. The smallest absolute Gasteiger partial charge is 0.176 e. The lowest BCUT2D eigenvalue weighted by Gasteiger charge is -2.15. The summed E-state index contributed by atoms with van der Waals surface area (Å²) in [7, 11) is 1.65. The zero-order valence-electron chi connectivity index (χ0n) is 13.2. The molecule has 0 saturated heterocycles. The van der Waals surface area contributed by atoms with Crippen LogP contribution in [0.3, 0.4) is 0 Å². The van der Waals surface area contributed by atoms with Gasteiger partial charge in [-0.1, -0.05) is 0 Å². The van der Waals surface area contributed by atoms with E-state index in [9.17, 15) is 0 Å². The van der Waals surface area contributed by atoms with Crippen molar-refractivity contribution in [3.8, 4) is 11.5 Å². The molecule has 0 radical (unpaired) electrons. The summed E-state index contributed by atoms with van der Waals surface area (Å²) >= 11 is 10.5. The summed E-state index contributed by atoms with van der Waals surface area (Å²) in [5.74, 6) is 1.33. The molecule has 23 heavy (non-hydrogen) atoms. The van der Waals surface area contributed by atoms with Crippen LogP contribution in [0.15, 0.2) is 19.5 Å². The molecule has 0 spiro atoms. The Balaban J connectivity index is 2.38. The average Bonchev–Trinajstić information content (AvgIpc) is 2.54. The van der Waals surface area contributed by atoms with E-state index in [1.165, 1.54) is 0 Å². The Labute approximate surface area is 162 Å². The number of hydrogen-bond donors (Lipinski definition) is 0. The van der Waals surface area contributed by atoms with E-state index >= 15 is 0 Å².